The fraction of sp³-hybridized carbons (Fsp3) is 0.533. The number of nitrogens with one attached hydrogen (secondary N) is 1. The zero-order chi connectivity index (χ0) is 15.8. The molecule has 0 unspecified atom stereocenters. The Labute approximate surface area is 125 Å². The Hall–Kier alpha value is -1.95. The van der Waals surface area contributed by atoms with E-state index in [0.717, 1.165) is 31.5 Å². The molecule has 0 aliphatic heterocycles. The van der Waals surface area contributed by atoms with Crippen LogP contribution in [0, 0.1) is 17.0 Å². The van der Waals surface area contributed by atoms with Crippen LogP contribution in [-0.2, 0) is 4.79 Å². The van der Waals surface area contributed by atoms with Crippen molar-refractivity contribution < 1.29 is 9.72 Å². The van der Waals surface area contributed by atoms with Gasteiger partial charge in [-0.3, -0.25) is 19.8 Å². The van der Waals surface area contributed by atoms with Crippen molar-refractivity contribution >= 4 is 17.3 Å². The lowest BCUT2D eigenvalue weighted by atomic mass is 10.2. The predicted octanol–water partition coefficient (Wildman–Crippen LogP) is 2.96. The molecule has 21 heavy (non-hydrogen) atoms. The summed E-state index contributed by atoms with van der Waals surface area (Å²) in [6.07, 6.45) is 2.10. The lowest BCUT2D eigenvalue weighted by Crippen LogP contribution is -2.34. The van der Waals surface area contributed by atoms with Gasteiger partial charge in [-0.15, -0.1) is 0 Å². The van der Waals surface area contributed by atoms with E-state index in [9.17, 15) is 14.9 Å². The van der Waals surface area contributed by atoms with Gasteiger partial charge in [-0.1, -0.05) is 26.3 Å². The quantitative estimate of drug-likeness (QED) is 0.590. The Morgan fingerprint density at radius 2 is 2.10 bits per heavy atom. The normalized spacial score (nSPS) is 10.7. The summed E-state index contributed by atoms with van der Waals surface area (Å²) in [5.74, 6) is -0.222. The van der Waals surface area contributed by atoms with Crippen molar-refractivity contribution in [2.45, 2.75) is 33.6 Å². The molecule has 0 radical (unpaired) electrons. The van der Waals surface area contributed by atoms with Crippen LogP contribution in [0.1, 0.15) is 32.3 Å². The fourth-order valence-electron chi connectivity index (χ4n) is 2.02. The molecule has 0 atom stereocenters. The molecule has 1 aromatic rings. The summed E-state index contributed by atoms with van der Waals surface area (Å²) in [5.41, 5.74) is 0.972. The number of rotatable bonds is 8. The predicted molar refractivity (Wildman–Crippen MR) is 83.5 cm³/mol. The van der Waals surface area contributed by atoms with Gasteiger partial charge < -0.3 is 5.32 Å². The molecule has 0 aliphatic rings. The van der Waals surface area contributed by atoms with Gasteiger partial charge in [0.05, 0.1) is 11.5 Å². The number of unbranched alkanes of at least 4 members (excludes halogenated alkanes) is 1. The number of likely N-dealkylation sites (N-methyl/N-ethyl adjacent to an activating group) is 1. The molecule has 0 heterocycles. The Balaban J connectivity index is 2.72. The van der Waals surface area contributed by atoms with Crippen molar-refractivity contribution in [3.63, 3.8) is 0 Å². The van der Waals surface area contributed by atoms with Crippen LogP contribution in [-0.4, -0.2) is 35.4 Å². The van der Waals surface area contributed by atoms with Crippen LogP contribution in [0.2, 0.25) is 0 Å². The van der Waals surface area contributed by atoms with Crippen molar-refractivity contribution in [3.8, 4) is 0 Å². The maximum atomic E-state index is 12.0. The van der Waals surface area contributed by atoms with Crippen molar-refractivity contribution in [1.29, 1.82) is 0 Å². The zero-order valence-corrected chi connectivity index (χ0v) is 12.9. The first-order valence-electron chi connectivity index (χ1n) is 7.25. The summed E-state index contributed by atoms with van der Waals surface area (Å²) in [4.78, 5) is 24.6. The standard InChI is InChI=1S/C15H23N3O3/c1-4-6-9-17(5-2)11-15(19)16-13-8-7-12(3)10-14(13)18(20)21/h7-8,10H,4-6,9,11H2,1-3H3,(H,16,19). The third-order valence-corrected chi connectivity index (χ3v) is 3.27. The molecule has 0 aliphatic carbocycles. The van der Waals surface area contributed by atoms with Gasteiger partial charge in [-0.25, -0.2) is 0 Å². The number of carbonyl (C=O) groups excluding carboxylic acids is 1. The number of benzene rings is 1. The molecule has 0 spiro atoms. The number of nitrogens with zero attached hydrogens (tertiary/aromatic N) is 2. The number of aryl methyl sites for hydroxylation is 1. The molecule has 0 fully saturated rings. The van der Waals surface area contributed by atoms with Gasteiger partial charge in [-0.2, -0.15) is 0 Å². The lowest BCUT2D eigenvalue weighted by molar-refractivity contribution is -0.384. The van der Waals surface area contributed by atoms with Crippen molar-refractivity contribution in [2.24, 2.45) is 0 Å². The number of anilines is 1. The number of nitro benzene ring substituents is 1. The number of nitro groups is 1. The Kier molecular flexibility index (Phi) is 6.81. The molecule has 6 heteroatoms. The smallest absolute Gasteiger partial charge is 0.293 e. The lowest BCUT2D eigenvalue weighted by Gasteiger charge is -2.19. The van der Waals surface area contributed by atoms with Gasteiger partial charge in [-0.05, 0) is 38.1 Å². The van der Waals surface area contributed by atoms with Gasteiger partial charge in [0, 0.05) is 6.07 Å². The third-order valence-electron chi connectivity index (χ3n) is 3.27. The molecule has 0 aromatic heterocycles. The summed E-state index contributed by atoms with van der Waals surface area (Å²) in [6, 6.07) is 4.79. The van der Waals surface area contributed by atoms with Crippen LogP contribution in [0.3, 0.4) is 0 Å². The summed E-state index contributed by atoms with van der Waals surface area (Å²) >= 11 is 0. The van der Waals surface area contributed by atoms with E-state index in [0.29, 0.717) is 0 Å². The second-order valence-electron chi connectivity index (χ2n) is 5.05. The third kappa shape index (κ3) is 5.51. The Morgan fingerprint density at radius 1 is 1.38 bits per heavy atom. The first-order valence-corrected chi connectivity index (χ1v) is 7.25. The largest absolute Gasteiger partial charge is 0.319 e. The molecule has 1 rings (SSSR count). The highest BCUT2D eigenvalue weighted by atomic mass is 16.6. The molecule has 116 valence electrons. The molecule has 1 amide bonds. The minimum Gasteiger partial charge on any atom is -0.319 e. The second-order valence-corrected chi connectivity index (χ2v) is 5.05. The summed E-state index contributed by atoms with van der Waals surface area (Å²) in [5, 5.41) is 13.7. The van der Waals surface area contributed by atoms with Gasteiger partial charge in [0.2, 0.25) is 5.91 Å². The fourth-order valence-corrected chi connectivity index (χ4v) is 2.02. The van der Waals surface area contributed by atoms with Crippen LogP contribution in [0.15, 0.2) is 18.2 Å². The highest BCUT2D eigenvalue weighted by Crippen LogP contribution is 2.25. The number of amides is 1. The first-order chi connectivity index (χ1) is 9.97. The van der Waals surface area contributed by atoms with Crippen LogP contribution < -0.4 is 5.32 Å². The van der Waals surface area contributed by atoms with E-state index in [1.807, 2.05) is 11.8 Å². The molecule has 0 bridgehead atoms. The summed E-state index contributed by atoms with van der Waals surface area (Å²) < 4.78 is 0. The highest BCUT2D eigenvalue weighted by molar-refractivity contribution is 5.94. The molecular weight excluding hydrogens is 270 g/mol. The Morgan fingerprint density at radius 3 is 2.67 bits per heavy atom. The van der Waals surface area contributed by atoms with Crippen molar-refractivity contribution in [2.75, 3.05) is 25.0 Å². The van der Waals surface area contributed by atoms with Gasteiger partial charge >= 0.3 is 0 Å². The molecule has 1 aromatic carbocycles. The first kappa shape index (κ1) is 17.1. The topological polar surface area (TPSA) is 75.5 Å². The molecule has 1 N–H and O–H groups in total. The van der Waals surface area contributed by atoms with Gasteiger partial charge in [0.1, 0.15) is 5.69 Å². The van der Waals surface area contributed by atoms with Crippen molar-refractivity contribution in [1.82, 2.24) is 4.90 Å². The maximum absolute atomic E-state index is 12.0. The van der Waals surface area contributed by atoms with E-state index >= 15 is 0 Å². The number of hydrogen-bond donors (Lipinski definition) is 1. The van der Waals surface area contributed by atoms with E-state index in [4.69, 9.17) is 0 Å². The monoisotopic (exact) mass is 293 g/mol. The molecule has 6 nitrogen and oxygen atoms in total. The maximum Gasteiger partial charge on any atom is 0.293 e. The van der Waals surface area contributed by atoms with Crippen LogP contribution in [0.5, 0.6) is 0 Å². The van der Waals surface area contributed by atoms with Crippen molar-refractivity contribution in [3.05, 3.63) is 33.9 Å². The summed E-state index contributed by atoms with van der Waals surface area (Å²) in [7, 11) is 0. The molecule has 0 saturated carbocycles. The SMILES string of the molecule is CCCCN(CC)CC(=O)Nc1ccc(C)cc1[N+](=O)[O-]. The summed E-state index contributed by atoms with van der Waals surface area (Å²) in [6.45, 7) is 7.77. The number of hydrogen-bond acceptors (Lipinski definition) is 4. The minimum atomic E-state index is -0.475. The van der Waals surface area contributed by atoms with E-state index in [2.05, 4.69) is 12.2 Å². The van der Waals surface area contributed by atoms with Crippen LogP contribution >= 0.6 is 0 Å². The number of carbonyl (C=O) groups is 1. The zero-order valence-electron chi connectivity index (χ0n) is 12.9. The van der Waals surface area contributed by atoms with E-state index in [-0.39, 0.29) is 23.8 Å². The van der Waals surface area contributed by atoms with E-state index in [1.54, 1.807) is 19.1 Å². The van der Waals surface area contributed by atoms with E-state index < -0.39 is 4.92 Å². The van der Waals surface area contributed by atoms with Crippen LogP contribution in [0.25, 0.3) is 0 Å². The van der Waals surface area contributed by atoms with Gasteiger partial charge in [0.15, 0.2) is 0 Å². The average Bonchev–Trinajstić information content (AvgIpc) is 2.45. The molecular formula is C15H23N3O3. The molecule has 0 saturated heterocycles. The average molecular weight is 293 g/mol. The van der Waals surface area contributed by atoms with E-state index in [1.165, 1.54) is 6.07 Å². The highest BCUT2D eigenvalue weighted by Gasteiger charge is 2.17. The minimum absolute atomic E-state index is 0.0695. The Bertz CT molecular complexity index is 503. The van der Waals surface area contributed by atoms with Gasteiger partial charge in [0.25, 0.3) is 5.69 Å². The second kappa shape index (κ2) is 8.36. The van der Waals surface area contributed by atoms with Crippen LogP contribution in [0.4, 0.5) is 11.4 Å².